The number of aliphatic hydroxyl groups is 1. The van der Waals surface area contributed by atoms with Gasteiger partial charge < -0.3 is 24.7 Å². The van der Waals surface area contributed by atoms with Gasteiger partial charge in [0.25, 0.3) is 0 Å². The number of pyridine rings is 1. The van der Waals surface area contributed by atoms with E-state index in [-0.39, 0.29) is 23.4 Å². The molecule has 1 aromatic carbocycles. The molecule has 2 amide bonds. The SMILES string of the molecule is CCc1nn2c(C)cc(N3CCC4(CCN(C(=O)N5CC(O)C5)CC4)C3)cc2c1N(C)c1nc(-c2ccc(F)cc2)c(C#N)s1. The number of nitrogens with zero attached hydrogens (tertiary/aromatic N) is 8. The predicted molar refractivity (Wildman–Crippen MR) is 173 cm³/mol. The number of β-amino-alcohol motifs (C(OH)–C–C–N with tert-alkyl or cyclic N) is 1. The summed E-state index contributed by atoms with van der Waals surface area (Å²) in [6, 6.07) is 12.8. The van der Waals surface area contributed by atoms with Crippen molar-refractivity contribution < 1.29 is 14.3 Å². The Morgan fingerprint density at radius 2 is 1.87 bits per heavy atom. The molecule has 7 rings (SSSR count). The number of fused-ring (bicyclic) bond motifs is 1. The minimum Gasteiger partial charge on any atom is -0.389 e. The van der Waals surface area contributed by atoms with Gasteiger partial charge in [0.15, 0.2) is 5.13 Å². The van der Waals surface area contributed by atoms with Gasteiger partial charge >= 0.3 is 6.03 Å². The van der Waals surface area contributed by atoms with Gasteiger partial charge in [0, 0.05) is 50.2 Å². The molecule has 0 bridgehead atoms. The van der Waals surface area contributed by atoms with Gasteiger partial charge in [-0.1, -0.05) is 18.3 Å². The fraction of sp³-hybridized carbons (Fsp3) is 0.455. The number of aromatic nitrogens is 3. The van der Waals surface area contributed by atoms with Gasteiger partial charge in [-0.2, -0.15) is 10.4 Å². The highest BCUT2D eigenvalue weighted by molar-refractivity contribution is 7.16. The maximum Gasteiger partial charge on any atom is 0.320 e. The summed E-state index contributed by atoms with van der Waals surface area (Å²) >= 11 is 1.32. The monoisotopic (exact) mass is 628 g/mol. The van der Waals surface area contributed by atoms with Crippen LogP contribution in [0.1, 0.15) is 42.5 Å². The van der Waals surface area contributed by atoms with E-state index in [0.29, 0.717) is 34.4 Å². The van der Waals surface area contributed by atoms with Crippen LogP contribution in [0.5, 0.6) is 0 Å². The number of urea groups is 1. The highest BCUT2D eigenvalue weighted by atomic mass is 32.1. The van der Waals surface area contributed by atoms with Gasteiger partial charge in [0.05, 0.1) is 36.1 Å². The molecule has 0 atom stereocenters. The van der Waals surface area contributed by atoms with Gasteiger partial charge in [-0.25, -0.2) is 18.7 Å². The summed E-state index contributed by atoms with van der Waals surface area (Å²) in [5.74, 6) is -0.330. The molecule has 3 aliphatic heterocycles. The first-order valence-corrected chi connectivity index (χ1v) is 16.4. The van der Waals surface area contributed by atoms with Crippen LogP contribution in [-0.4, -0.2) is 88.0 Å². The second kappa shape index (κ2) is 11.3. The molecular weight excluding hydrogens is 591 g/mol. The molecule has 3 aromatic heterocycles. The number of likely N-dealkylation sites (tertiary alicyclic amines) is 2. The Kier molecular flexibility index (Phi) is 7.41. The van der Waals surface area contributed by atoms with Crippen LogP contribution in [0, 0.1) is 29.5 Å². The van der Waals surface area contributed by atoms with Crippen molar-refractivity contribution in [3.05, 3.63) is 58.5 Å². The van der Waals surface area contributed by atoms with Crippen molar-refractivity contribution in [1.82, 2.24) is 24.4 Å². The molecule has 0 aliphatic carbocycles. The standard InChI is InChI=1S/C33H37FN8O2S/c1-4-26-30(38(3)31-36-29(28(17-35)45-31)22-5-7-23(34)8-6-22)27-16-24(15-21(2)42(27)37-26)40-14-11-33(20-40)9-12-39(13-10-33)32(44)41-18-25(43)19-41/h5-8,15-16,25,43H,4,9-14,18-20H2,1-3H3. The summed E-state index contributed by atoms with van der Waals surface area (Å²) in [6.07, 6.45) is 3.41. The lowest BCUT2D eigenvalue weighted by Gasteiger charge is -2.44. The second-order valence-electron chi connectivity index (χ2n) is 12.7. The molecule has 1 spiro atoms. The summed E-state index contributed by atoms with van der Waals surface area (Å²) < 4.78 is 15.6. The number of thiazole rings is 1. The highest BCUT2D eigenvalue weighted by Gasteiger charge is 2.43. The van der Waals surface area contributed by atoms with Crippen LogP contribution in [0.2, 0.25) is 0 Å². The quantitative estimate of drug-likeness (QED) is 0.324. The maximum atomic E-state index is 13.6. The minimum absolute atomic E-state index is 0.0575. The zero-order chi connectivity index (χ0) is 31.5. The molecule has 1 N–H and O–H groups in total. The number of carbonyl (C=O) groups is 1. The van der Waals surface area contributed by atoms with Crippen molar-refractivity contribution in [2.24, 2.45) is 5.41 Å². The Morgan fingerprint density at radius 3 is 2.53 bits per heavy atom. The fourth-order valence-corrected chi connectivity index (χ4v) is 7.94. The fourth-order valence-electron chi connectivity index (χ4n) is 7.09. The summed E-state index contributed by atoms with van der Waals surface area (Å²) in [5.41, 5.74) is 6.53. The number of hydrogen-bond donors (Lipinski definition) is 1. The van der Waals surface area contributed by atoms with Crippen molar-refractivity contribution in [3.63, 3.8) is 0 Å². The van der Waals surface area contributed by atoms with E-state index in [1.807, 2.05) is 21.4 Å². The van der Waals surface area contributed by atoms with Crippen LogP contribution in [0.25, 0.3) is 16.8 Å². The van der Waals surface area contributed by atoms with Gasteiger partial charge in [-0.3, -0.25) is 0 Å². The molecule has 3 aliphatic rings. The molecule has 3 fully saturated rings. The molecule has 12 heteroatoms. The van der Waals surface area contributed by atoms with Crippen molar-refractivity contribution in [2.45, 2.75) is 45.6 Å². The molecule has 3 saturated heterocycles. The van der Waals surface area contributed by atoms with Crippen LogP contribution in [-0.2, 0) is 6.42 Å². The summed E-state index contributed by atoms with van der Waals surface area (Å²) in [4.78, 5) is 26.3. The molecular formula is C33H37FN8O2S. The van der Waals surface area contributed by atoms with E-state index in [2.05, 4.69) is 36.9 Å². The van der Waals surface area contributed by atoms with Gasteiger partial charge in [0.2, 0.25) is 0 Å². The minimum atomic E-state index is -0.380. The Balaban J connectivity index is 1.15. The second-order valence-corrected chi connectivity index (χ2v) is 13.6. The number of anilines is 3. The number of nitriles is 1. The normalized spacial score (nSPS) is 18.1. The number of rotatable bonds is 5. The third-order valence-corrected chi connectivity index (χ3v) is 10.8. The third-order valence-electron chi connectivity index (χ3n) is 9.76. The lowest BCUT2D eigenvalue weighted by Crippen LogP contribution is -2.59. The Hall–Kier alpha value is -4.21. The van der Waals surface area contributed by atoms with E-state index < -0.39 is 0 Å². The lowest BCUT2D eigenvalue weighted by molar-refractivity contribution is 0.00881. The molecule has 0 radical (unpaired) electrons. The molecule has 0 saturated carbocycles. The number of hydrogen-bond acceptors (Lipinski definition) is 8. The lowest BCUT2D eigenvalue weighted by atomic mass is 9.78. The van der Waals surface area contributed by atoms with E-state index >= 15 is 0 Å². The highest BCUT2D eigenvalue weighted by Crippen LogP contribution is 2.44. The number of benzene rings is 1. The Morgan fingerprint density at radius 1 is 1.16 bits per heavy atom. The third kappa shape index (κ3) is 5.17. The van der Waals surface area contributed by atoms with Gasteiger partial charge in [0.1, 0.15) is 22.5 Å². The Labute approximate surface area is 265 Å². The molecule has 45 heavy (non-hydrogen) atoms. The number of piperidine rings is 1. The molecule has 10 nitrogen and oxygen atoms in total. The topological polar surface area (TPSA) is 104 Å². The Bertz CT molecular complexity index is 1800. The number of aliphatic hydroxyl groups excluding tert-OH is 1. The van der Waals surface area contributed by atoms with Crippen LogP contribution < -0.4 is 9.80 Å². The van der Waals surface area contributed by atoms with Crippen LogP contribution in [0.15, 0.2) is 36.4 Å². The van der Waals surface area contributed by atoms with Crippen molar-refractivity contribution in [2.75, 3.05) is 56.1 Å². The van der Waals surface area contributed by atoms with E-state index in [1.165, 1.54) is 23.5 Å². The summed E-state index contributed by atoms with van der Waals surface area (Å²) in [5, 5.41) is 25.1. The summed E-state index contributed by atoms with van der Waals surface area (Å²) in [6.45, 7) is 8.48. The van der Waals surface area contributed by atoms with E-state index in [4.69, 9.17) is 10.1 Å². The molecule has 0 unspecified atom stereocenters. The van der Waals surface area contributed by atoms with Crippen molar-refractivity contribution >= 4 is 39.4 Å². The molecule has 4 aromatic rings. The van der Waals surface area contributed by atoms with Crippen LogP contribution >= 0.6 is 11.3 Å². The molecule has 234 valence electrons. The smallest absolute Gasteiger partial charge is 0.320 e. The first kappa shape index (κ1) is 29.5. The maximum absolute atomic E-state index is 13.6. The van der Waals surface area contributed by atoms with E-state index in [0.717, 1.165) is 80.1 Å². The van der Waals surface area contributed by atoms with E-state index in [1.54, 1.807) is 17.0 Å². The number of halogens is 1. The zero-order valence-corrected chi connectivity index (χ0v) is 26.6. The summed E-state index contributed by atoms with van der Waals surface area (Å²) in [7, 11) is 1.97. The average Bonchev–Trinajstić information content (AvgIpc) is 3.75. The van der Waals surface area contributed by atoms with Crippen molar-refractivity contribution in [3.8, 4) is 17.3 Å². The van der Waals surface area contributed by atoms with E-state index in [9.17, 15) is 19.6 Å². The largest absolute Gasteiger partial charge is 0.389 e. The average molecular weight is 629 g/mol. The van der Waals surface area contributed by atoms with Crippen LogP contribution in [0.3, 0.4) is 0 Å². The van der Waals surface area contributed by atoms with Gasteiger partial charge in [-0.05, 0) is 74.4 Å². The number of aryl methyl sites for hydroxylation is 2. The molecule has 6 heterocycles. The van der Waals surface area contributed by atoms with Crippen LogP contribution in [0.4, 0.5) is 25.7 Å². The zero-order valence-electron chi connectivity index (χ0n) is 25.8. The predicted octanol–water partition coefficient (Wildman–Crippen LogP) is 5.20. The number of amides is 2. The first-order valence-electron chi connectivity index (χ1n) is 15.6. The first-order chi connectivity index (χ1) is 21.7. The van der Waals surface area contributed by atoms with Crippen molar-refractivity contribution in [1.29, 1.82) is 5.26 Å². The number of carbonyl (C=O) groups excluding carboxylic acids is 1. The van der Waals surface area contributed by atoms with Gasteiger partial charge in [-0.15, -0.1) is 0 Å².